The predicted molar refractivity (Wildman–Crippen MR) is 148 cm³/mol. The number of hydrogen-bond acceptors (Lipinski definition) is 7. The van der Waals surface area contributed by atoms with Crippen LogP contribution in [0.25, 0.3) is 5.76 Å². The molecule has 0 aromatic heterocycles. The number of anilines is 1. The Balaban J connectivity index is 1.90. The van der Waals surface area contributed by atoms with E-state index in [-0.39, 0.29) is 18.1 Å². The average molecular weight is 508 g/mol. The van der Waals surface area contributed by atoms with Crippen molar-refractivity contribution >= 4 is 23.6 Å². The number of hydrogen-bond donors (Lipinski definition) is 0. The number of rotatable bonds is 8. The number of carbonyl (C=O) groups is 1. The number of benzene rings is 3. The van der Waals surface area contributed by atoms with E-state index in [1.807, 2.05) is 85.7 Å². The Labute approximate surface area is 222 Å². The van der Waals surface area contributed by atoms with Crippen LogP contribution in [0, 0.1) is 11.3 Å². The third kappa shape index (κ3) is 5.60. The monoisotopic (exact) mass is 507 g/mol. The summed E-state index contributed by atoms with van der Waals surface area (Å²) in [5.41, 5.74) is 3.74. The van der Waals surface area contributed by atoms with Crippen molar-refractivity contribution in [1.82, 2.24) is 0 Å². The molecular weight excluding hydrogens is 478 g/mol. The second kappa shape index (κ2) is 11.9. The van der Waals surface area contributed by atoms with E-state index in [2.05, 4.69) is 11.1 Å². The van der Waals surface area contributed by atoms with E-state index >= 15 is 0 Å². The van der Waals surface area contributed by atoms with Crippen LogP contribution in [0.3, 0.4) is 0 Å². The van der Waals surface area contributed by atoms with Gasteiger partial charge in [-0.3, -0.25) is 0 Å². The summed E-state index contributed by atoms with van der Waals surface area (Å²) in [6, 6.07) is 26.7. The summed E-state index contributed by atoms with van der Waals surface area (Å²) in [6.07, 6.45) is 1.64. The van der Waals surface area contributed by atoms with Crippen molar-refractivity contribution in [1.29, 1.82) is 5.26 Å². The maximum Gasteiger partial charge on any atom is 0.340 e. The summed E-state index contributed by atoms with van der Waals surface area (Å²) in [7, 11) is 5.53. The van der Waals surface area contributed by atoms with Gasteiger partial charge in [0.25, 0.3) is 0 Å². The van der Waals surface area contributed by atoms with Crippen LogP contribution in [0.1, 0.15) is 29.5 Å². The molecule has 7 nitrogen and oxygen atoms in total. The van der Waals surface area contributed by atoms with Gasteiger partial charge in [0.05, 0.1) is 31.3 Å². The number of allylic oxidation sites excluding steroid dienone is 1. The SMILES string of the molecule is CCOC(=O)C1=C(/N=C/c2ccc(N(C)C)cc2)OC(c2ccccc2)=C(C#N)C1c1ccc(OC)cc1. The van der Waals surface area contributed by atoms with E-state index < -0.39 is 11.9 Å². The van der Waals surface area contributed by atoms with Crippen LogP contribution in [-0.4, -0.2) is 40.0 Å². The molecule has 0 saturated heterocycles. The molecule has 0 amide bonds. The number of ether oxygens (including phenoxy) is 3. The number of carbonyl (C=O) groups excluding carboxylic acids is 1. The van der Waals surface area contributed by atoms with Crippen molar-refractivity contribution in [2.45, 2.75) is 12.8 Å². The molecule has 1 unspecified atom stereocenters. The topological polar surface area (TPSA) is 84.1 Å². The molecule has 1 aliphatic rings. The highest BCUT2D eigenvalue weighted by Crippen LogP contribution is 2.44. The minimum absolute atomic E-state index is 0.0822. The lowest BCUT2D eigenvalue weighted by molar-refractivity contribution is -0.139. The highest BCUT2D eigenvalue weighted by molar-refractivity contribution is 5.95. The van der Waals surface area contributed by atoms with Gasteiger partial charge in [0.15, 0.2) is 5.76 Å². The Hall–Kier alpha value is -4.83. The summed E-state index contributed by atoms with van der Waals surface area (Å²) in [6.45, 7) is 1.90. The molecule has 3 aromatic carbocycles. The van der Waals surface area contributed by atoms with E-state index in [1.54, 1.807) is 32.4 Å². The molecule has 7 heteroatoms. The van der Waals surface area contributed by atoms with E-state index in [9.17, 15) is 10.1 Å². The zero-order chi connectivity index (χ0) is 27.1. The van der Waals surface area contributed by atoms with Gasteiger partial charge in [-0.2, -0.15) is 5.26 Å². The molecule has 38 heavy (non-hydrogen) atoms. The van der Waals surface area contributed by atoms with Gasteiger partial charge in [-0.25, -0.2) is 9.79 Å². The van der Waals surface area contributed by atoms with Crippen LogP contribution < -0.4 is 9.64 Å². The number of aliphatic imine (C=N–C) groups is 1. The molecule has 0 radical (unpaired) electrons. The Bertz CT molecular complexity index is 1410. The van der Waals surface area contributed by atoms with Gasteiger partial charge in [0, 0.05) is 31.6 Å². The molecule has 0 aliphatic carbocycles. The molecule has 4 rings (SSSR count). The second-order valence-electron chi connectivity index (χ2n) is 8.71. The molecule has 0 bridgehead atoms. The molecule has 0 N–H and O–H groups in total. The third-order valence-electron chi connectivity index (χ3n) is 6.09. The van der Waals surface area contributed by atoms with Crippen LogP contribution >= 0.6 is 0 Å². The lowest BCUT2D eigenvalue weighted by Gasteiger charge is -2.28. The normalized spacial score (nSPS) is 15.2. The molecule has 3 aromatic rings. The lowest BCUT2D eigenvalue weighted by atomic mass is 9.82. The van der Waals surface area contributed by atoms with Gasteiger partial charge < -0.3 is 19.1 Å². The first-order chi connectivity index (χ1) is 18.5. The van der Waals surface area contributed by atoms with Crippen molar-refractivity contribution in [2.75, 3.05) is 32.7 Å². The van der Waals surface area contributed by atoms with Crippen molar-refractivity contribution in [2.24, 2.45) is 4.99 Å². The van der Waals surface area contributed by atoms with Crippen molar-refractivity contribution in [3.63, 3.8) is 0 Å². The Kier molecular flexibility index (Phi) is 8.24. The summed E-state index contributed by atoms with van der Waals surface area (Å²) in [5.74, 6) is -0.260. The van der Waals surface area contributed by atoms with E-state index in [1.165, 1.54) is 0 Å². The summed E-state index contributed by atoms with van der Waals surface area (Å²) in [5, 5.41) is 10.3. The zero-order valence-corrected chi connectivity index (χ0v) is 21.8. The number of nitrogens with zero attached hydrogens (tertiary/aromatic N) is 3. The van der Waals surface area contributed by atoms with Gasteiger partial charge in [-0.1, -0.05) is 54.6 Å². The first-order valence-electron chi connectivity index (χ1n) is 12.2. The summed E-state index contributed by atoms with van der Waals surface area (Å²) >= 11 is 0. The minimum Gasteiger partial charge on any atom is -0.497 e. The number of esters is 1. The lowest BCUT2D eigenvalue weighted by Crippen LogP contribution is -2.23. The largest absolute Gasteiger partial charge is 0.497 e. The van der Waals surface area contributed by atoms with E-state index in [0.29, 0.717) is 28.2 Å². The first kappa shape index (κ1) is 26.2. The van der Waals surface area contributed by atoms with Crippen LogP contribution in [0.2, 0.25) is 0 Å². The van der Waals surface area contributed by atoms with Crippen LogP contribution in [-0.2, 0) is 14.3 Å². The molecule has 192 valence electrons. The van der Waals surface area contributed by atoms with Crippen molar-refractivity contribution in [3.8, 4) is 11.8 Å². The first-order valence-corrected chi connectivity index (χ1v) is 12.2. The van der Waals surface area contributed by atoms with Gasteiger partial charge in [-0.05, 0) is 42.3 Å². The Morgan fingerprint density at radius 3 is 2.32 bits per heavy atom. The Morgan fingerprint density at radius 1 is 1.05 bits per heavy atom. The maximum atomic E-state index is 13.4. The molecule has 1 heterocycles. The molecular formula is C31H29N3O4. The summed E-state index contributed by atoms with van der Waals surface area (Å²) in [4.78, 5) is 20.0. The standard InChI is InChI=1S/C31H29N3O4/c1-5-37-31(35)28-27(22-13-17-25(36-4)18-14-22)26(19-32)29(23-9-7-6-8-10-23)38-30(28)33-20-21-11-15-24(16-12-21)34(2)3/h6-18,20,27H,5H2,1-4H3/b33-20+. The fraction of sp³-hybridized carbons (Fsp3) is 0.194. The predicted octanol–water partition coefficient (Wildman–Crippen LogP) is 5.70. The number of methoxy groups -OCH3 is 1. The molecule has 0 spiro atoms. The van der Waals surface area contributed by atoms with Gasteiger partial charge >= 0.3 is 5.97 Å². The molecule has 0 saturated carbocycles. The second-order valence-corrected chi connectivity index (χ2v) is 8.71. The van der Waals surface area contributed by atoms with Gasteiger partial charge in [0.2, 0.25) is 5.88 Å². The smallest absolute Gasteiger partial charge is 0.340 e. The zero-order valence-electron chi connectivity index (χ0n) is 21.8. The van der Waals surface area contributed by atoms with Gasteiger partial charge in [-0.15, -0.1) is 0 Å². The molecule has 1 atom stereocenters. The van der Waals surface area contributed by atoms with Crippen molar-refractivity contribution < 1.29 is 19.0 Å². The van der Waals surface area contributed by atoms with Crippen molar-refractivity contribution in [3.05, 3.63) is 113 Å². The summed E-state index contributed by atoms with van der Waals surface area (Å²) < 4.78 is 17.0. The Morgan fingerprint density at radius 2 is 1.74 bits per heavy atom. The highest BCUT2D eigenvalue weighted by atomic mass is 16.5. The maximum absolute atomic E-state index is 13.4. The third-order valence-corrected chi connectivity index (χ3v) is 6.09. The minimum atomic E-state index is -0.753. The highest BCUT2D eigenvalue weighted by Gasteiger charge is 2.38. The number of nitriles is 1. The van der Waals surface area contributed by atoms with Crippen LogP contribution in [0.4, 0.5) is 5.69 Å². The fourth-order valence-electron chi connectivity index (χ4n) is 4.16. The van der Waals surface area contributed by atoms with Gasteiger partial charge in [0.1, 0.15) is 11.3 Å². The quantitative estimate of drug-likeness (QED) is 0.287. The van der Waals surface area contributed by atoms with Crippen LogP contribution in [0.15, 0.2) is 101 Å². The van der Waals surface area contributed by atoms with E-state index in [0.717, 1.165) is 11.3 Å². The fourth-order valence-corrected chi connectivity index (χ4v) is 4.16. The molecule has 0 fully saturated rings. The average Bonchev–Trinajstić information content (AvgIpc) is 2.96. The van der Waals surface area contributed by atoms with E-state index in [4.69, 9.17) is 14.2 Å². The van der Waals surface area contributed by atoms with Crippen LogP contribution in [0.5, 0.6) is 5.75 Å². The molecule has 1 aliphatic heterocycles.